The number of pyridine rings is 1. The average molecular weight is 212 g/mol. The zero-order valence-electron chi connectivity index (χ0n) is 9.61. The molecule has 0 aromatic carbocycles. The van der Waals surface area contributed by atoms with E-state index >= 15 is 0 Å². The van der Waals surface area contributed by atoms with Crippen molar-refractivity contribution in [3.8, 4) is 0 Å². The van der Waals surface area contributed by atoms with E-state index in [1.807, 2.05) is 12.3 Å². The molecule has 0 radical (unpaired) electrons. The molecule has 82 valence electrons. The van der Waals surface area contributed by atoms with Crippen molar-refractivity contribution in [1.82, 2.24) is 9.55 Å². The Bertz CT molecular complexity index is 549. The van der Waals surface area contributed by atoms with Gasteiger partial charge in [0.25, 0.3) is 0 Å². The molecule has 2 nitrogen and oxygen atoms in total. The minimum Gasteiger partial charge on any atom is -0.329 e. The number of fused-ring (bicyclic) bond motifs is 1. The van der Waals surface area contributed by atoms with Crippen LogP contribution < -0.4 is 0 Å². The minimum absolute atomic E-state index is 1.09. The average Bonchev–Trinajstić information content (AvgIpc) is 2.69. The minimum atomic E-state index is 1.09. The molecule has 2 aromatic heterocycles. The fraction of sp³-hybridized carbons (Fsp3) is 0.357. The molecule has 0 aliphatic heterocycles. The largest absolute Gasteiger partial charge is 0.329 e. The van der Waals surface area contributed by atoms with Crippen LogP contribution in [0.4, 0.5) is 0 Å². The number of aromatic nitrogens is 2. The molecule has 1 aliphatic rings. The molecule has 3 rings (SSSR count). The zero-order chi connectivity index (χ0) is 11.0. The lowest BCUT2D eigenvalue weighted by Gasteiger charge is -2.13. The van der Waals surface area contributed by atoms with E-state index in [1.165, 1.54) is 42.3 Å². The third kappa shape index (κ3) is 1.45. The van der Waals surface area contributed by atoms with Gasteiger partial charge in [0.05, 0.1) is 0 Å². The number of rotatable bonds is 1. The molecule has 0 atom stereocenters. The second-order valence-electron chi connectivity index (χ2n) is 4.48. The molecule has 0 saturated carbocycles. The van der Waals surface area contributed by atoms with Crippen LogP contribution in [-0.2, 0) is 7.05 Å². The van der Waals surface area contributed by atoms with Crippen LogP contribution in [0.5, 0.6) is 0 Å². The van der Waals surface area contributed by atoms with Crippen LogP contribution >= 0.6 is 0 Å². The van der Waals surface area contributed by atoms with Gasteiger partial charge in [0.1, 0.15) is 5.65 Å². The number of aryl methyl sites for hydroxylation is 1. The number of nitrogens with zero attached hydrogens (tertiary/aromatic N) is 2. The molecular weight excluding hydrogens is 196 g/mol. The van der Waals surface area contributed by atoms with E-state index in [9.17, 15) is 0 Å². The predicted molar refractivity (Wildman–Crippen MR) is 67.2 cm³/mol. The second kappa shape index (κ2) is 3.78. The quantitative estimate of drug-likeness (QED) is 0.707. The van der Waals surface area contributed by atoms with Crippen molar-refractivity contribution in [2.24, 2.45) is 7.05 Å². The Hall–Kier alpha value is -1.57. The summed E-state index contributed by atoms with van der Waals surface area (Å²) < 4.78 is 2.21. The number of hydrogen-bond donors (Lipinski definition) is 0. The molecule has 0 fully saturated rings. The van der Waals surface area contributed by atoms with Gasteiger partial charge in [0.15, 0.2) is 0 Å². The first-order chi connectivity index (χ1) is 7.86. The summed E-state index contributed by atoms with van der Waals surface area (Å²) in [4.78, 5) is 4.43. The highest BCUT2D eigenvalue weighted by atomic mass is 15.0. The maximum absolute atomic E-state index is 4.43. The summed E-state index contributed by atoms with van der Waals surface area (Å²) in [6.45, 7) is 0. The third-order valence-electron chi connectivity index (χ3n) is 3.41. The highest BCUT2D eigenvalue weighted by Gasteiger charge is 2.12. The van der Waals surface area contributed by atoms with Gasteiger partial charge in [-0.3, -0.25) is 0 Å². The maximum Gasteiger partial charge on any atom is 0.140 e. The maximum atomic E-state index is 4.43. The molecule has 0 unspecified atom stereocenters. The van der Waals surface area contributed by atoms with Crippen molar-refractivity contribution in [1.29, 1.82) is 0 Å². The molecule has 16 heavy (non-hydrogen) atoms. The highest BCUT2D eigenvalue weighted by Crippen LogP contribution is 2.29. The topological polar surface area (TPSA) is 17.8 Å². The lowest BCUT2D eigenvalue weighted by molar-refractivity contribution is 0.735. The molecular formula is C14H16N2. The molecule has 0 N–H and O–H groups in total. The smallest absolute Gasteiger partial charge is 0.140 e. The van der Waals surface area contributed by atoms with E-state index in [4.69, 9.17) is 0 Å². The lowest BCUT2D eigenvalue weighted by atomic mass is 9.97. The van der Waals surface area contributed by atoms with Gasteiger partial charge in [-0.1, -0.05) is 6.08 Å². The fourth-order valence-electron chi connectivity index (χ4n) is 2.54. The van der Waals surface area contributed by atoms with Crippen molar-refractivity contribution in [3.63, 3.8) is 0 Å². The Labute approximate surface area is 95.6 Å². The first kappa shape index (κ1) is 9.64. The zero-order valence-corrected chi connectivity index (χ0v) is 9.61. The van der Waals surface area contributed by atoms with Crippen LogP contribution in [0.2, 0.25) is 0 Å². The summed E-state index contributed by atoms with van der Waals surface area (Å²) in [7, 11) is 2.11. The highest BCUT2D eigenvalue weighted by molar-refractivity contribution is 5.82. The first-order valence-electron chi connectivity index (χ1n) is 5.96. The van der Waals surface area contributed by atoms with Crippen LogP contribution in [0.3, 0.4) is 0 Å². The Morgan fingerprint density at radius 1 is 1.31 bits per heavy atom. The van der Waals surface area contributed by atoms with E-state index in [2.05, 4.69) is 34.8 Å². The molecule has 0 bridgehead atoms. The summed E-state index contributed by atoms with van der Waals surface area (Å²) in [5, 5.41) is 1.24. The number of allylic oxidation sites excluding steroid dienone is 2. The van der Waals surface area contributed by atoms with Gasteiger partial charge in [-0.25, -0.2) is 4.98 Å². The van der Waals surface area contributed by atoms with Gasteiger partial charge in [-0.15, -0.1) is 0 Å². The standard InChI is InChI=1S/C14H16N2/c1-16-13(11-6-3-2-4-7-11)10-12-8-5-9-15-14(12)16/h5-6,8-10H,2-4,7H2,1H3. The lowest BCUT2D eigenvalue weighted by Crippen LogP contribution is -1.99. The van der Waals surface area contributed by atoms with Crippen LogP contribution in [0.1, 0.15) is 31.4 Å². The summed E-state index contributed by atoms with van der Waals surface area (Å²) in [5.74, 6) is 0. The van der Waals surface area contributed by atoms with Crippen molar-refractivity contribution in [3.05, 3.63) is 36.2 Å². The fourth-order valence-corrected chi connectivity index (χ4v) is 2.54. The van der Waals surface area contributed by atoms with Gasteiger partial charge in [0.2, 0.25) is 0 Å². The second-order valence-corrected chi connectivity index (χ2v) is 4.48. The summed E-state index contributed by atoms with van der Waals surface area (Å²) in [6.07, 6.45) is 9.35. The molecule has 2 heteroatoms. The van der Waals surface area contributed by atoms with Gasteiger partial charge in [-0.05, 0) is 49.5 Å². The van der Waals surface area contributed by atoms with E-state index in [-0.39, 0.29) is 0 Å². The molecule has 1 aliphatic carbocycles. The molecule has 0 amide bonds. The van der Waals surface area contributed by atoms with Gasteiger partial charge in [-0.2, -0.15) is 0 Å². The molecule has 0 spiro atoms. The normalized spacial score (nSPS) is 16.4. The molecule has 2 heterocycles. The van der Waals surface area contributed by atoms with Crippen LogP contribution in [0, 0.1) is 0 Å². The van der Waals surface area contributed by atoms with E-state index in [0.717, 1.165) is 5.65 Å². The summed E-state index contributed by atoms with van der Waals surface area (Å²) in [6, 6.07) is 6.40. The Balaban J connectivity index is 2.16. The SMILES string of the molecule is Cn1c(C2=CCCCC2)cc2cccnc21. The van der Waals surface area contributed by atoms with E-state index in [1.54, 1.807) is 0 Å². The Morgan fingerprint density at radius 2 is 2.25 bits per heavy atom. The van der Waals surface area contributed by atoms with Gasteiger partial charge >= 0.3 is 0 Å². The van der Waals surface area contributed by atoms with Crippen molar-refractivity contribution < 1.29 is 0 Å². The summed E-state index contributed by atoms with van der Waals surface area (Å²) in [5.41, 5.74) is 3.92. The van der Waals surface area contributed by atoms with Gasteiger partial charge in [0, 0.05) is 24.3 Å². The molecule has 2 aromatic rings. The van der Waals surface area contributed by atoms with Crippen molar-refractivity contribution in [2.45, 2.75) is 25.7 Å². The predicted octanol–water partition coefficient (Wildman–Crippen LogP) is 3.53. The first-order valence-corrected chi connectivity index (χ1v) is 5.96. The van der Waals surface area contributed by atoms with E-state index < -0.39 is 0 Å². The monoisotopic (exact) mass is 212 g/mol. The summed E-state index contributed by atoms with van der Waals surface area (Å²) >= 11 is 0. The van der Waals surface area contributed by atoms with Gasteiger partial charge < -0.3 is 4.57 Å². The molecule has 0 saturated heterocycles. The van der Waals surface area contributed by atoms with E-state index in [0.29, 0.717) is 0 Å². The Kier molecular flexibility index (Phi) is 2.28. The number of hydrogen-bond acceptors (Lipinski definition) is 1. The van der Waals surface area contributed by atoms with Crippen LogP contribution in [0.25, 0.3) is 16.6 Å². The van der Waals surface area contributed by atoms with Crippen LogP contribution in [-0.4, -0.2) is 9.55 Å². The van der Waals surface area contributed by atoms with Crippen molar-refractivity contribution >= 4 is 16.6 Å². The van der Waals surface area contributed by atoms with Crippen molar-refractivity contribution in [2.75, 3.05) is 0 Å². The third-order valence-corrected chi connectivity index (χ3v) is 3.41. The Morgan fingerprint density at radius 3 is 3.00 bits per heavy atom. The van der Waals surface area contributed by atoms with Crippen LogP contribution in [0.15, 0.2) is 30.5 Å².